The van der Waals surface area contributed by atoms with Crippen LogP contribution in [0.25, 0.3) is 0 Å². The zero-order valence-corrected chi connectivity index (χ0v) is 12.9. The molecule has 1 aromatic rings. The Morgan fingerprint density at radius 1 is 1.14 bits per heavy atom. The number of rotatable bonds is 3. The maximum absolute atomic E-state index is 12.1. The average molecular weight is 312 g/mol. The Morgan fingerprint density at radius 3 is 2.24 bits per heavy atom. The van der Waals surface area contributed by atoms with Crippen LogP contribution in [0.4, 0.5) is 0 Å². The van der Waals surface area contributed by atoms with E-state index in [-0.39, 0.29) is 36.3 Å². The van der Waals surface area contributed by atoms with Crippen molar-refractivity contribution in [3.63, 3.8) is 0 Å². The molecular formula is C15H22ClN3O2. The van der Waals surface area contributed by atoms with Gasteiger partial charge in [-0.25, -0.2) is 0 Å². The summed E-state index contributed by atoms with van der Waals surface area (Å²) in [5, 5.41) is 0. The molecule has 0 unspecified atom stereocenters. The van der Waals surface area contributed by atoms with E-state index in [1.54, 1.807) is 0 Å². The van der Waals surface area contributed by atoms with Crippen LogP contribution in [0, 0.1) is 12.8 Å². The molecule has 0 amide bonds. The van der Waals surface area contributed by atoms with Gasteiger partial charge in [-0.3, -0.25) is 9.79 Å². The molecule has 0 heterocycles. The third-order valence-electron chi connectivity index (χ3n) is 3.60. The van der Waals surface area contributed by atoms with Crippen LogP contribution in [0.5, 0.6) is 5.75 Å². The van der Waals surface area contributed by atoms with Gasteiger partial charge in [-0.05, 0) is 44.7 Å². The molecule has 1 saturated carbocycles. The van der Waals surface area contributed by atoms with Crippen LogP contribution in [-0.4, -0.2) is 18.0 Å². The predicted molar refractivity (Wildman–Crippen MR) is 85.6 cm³/mol. The lowest BCUT2D eigenvalue weighted by Crippen LogP contribution is -2.30. The Hall–Kier alpha value is -1.75. The number of hydrogen-bond acceptors (Lipinski definition) is 3. The minimum atomic E-state index is -0.156. The number of benzene rings is 1. The van der Waals surface area contributed by atoms with E-state index < -0.39 is 0 Å². The van der Waals surface area contributed by atoms with Gasteiger partial charge in [-0.15, -0.1) is 12.4 Å². The summed E-state index contributed by atoms with van der Waals surface area (Å²) in [4.78, 5) is 16.2. The maximum Gasteiger partial charge on any atom is 0.314 e. The minimum Gasteiger partial charge on any atom is -0.426 e. The number of hydrogen-bond donors (Lipinski definition) is 2. The number of carbonyl (C=O) groups is 1. The van der Waals surface area contributed by atoms with E-state index in [1.807, 2.05) is 31.2 Å². The van der Waals surface area contributed by atoms with Crippen molar-refractivity contribution >= 4 is 24.3 Å². The molecule has 0 bridgehead atoms. The van der Waals surface area contributed by atoms with Gasteiger partial charge in [0.1, 0.15) is 5.75 Å². The van der Waals surface area contributed by atoms with Gasteiger partial charge >= 0.3 is 5.97 Å². The molecule has 0 saturated heterocycles. The van der Waals surface area contributed by atoms with Crippen molar-refractivity contribution < 1.29 is 9.53 Å². The largest absolute Gasteiger partial charge is 0.426 e. The molecule has 0 radical (unpaired) electrons. The first-order valence-corrected chi connectivity index (χ1v) is 6.91. The molecule has 6 heteroatoms. The van der Waals surface area contributed by atoms with Gasteiger partial charge in [0.2, 0.25) is 0 Å². The molecule has 116 valence electrons. The number of nitrogens with two attached hydrogens (primary N) is 2. The second-order valence-electron chi connectivity index (χ2n) is 5.29. The van der Waals surface area contributed by atoms with Crippen LogP contribution >= 0.6 is 12.4 Å². The number of nitrogens with zero attached hydrogens (tertiary/aromatic N) is 1. The maximum atomic E-state index is 12.1. The van der Waals surface area contributed by atoms with Gasteiger partial charge in [0, 0.05) is 0 Å². The molecule has 2 rings (SSSR count). The highest BCUT2D eigenvalue weighted by molar-refractivity contribution is 5.85. The highest BCUT2D eigenvalue weighted by Crippen LogP contribution is 2.27. The van der Waals surface area contributed by atoms with E-state index in [0.717, 1.165) is 31.2 Å². The molecule has 4 N–H and O–H groups in total. The monoisotopic (exact) mass is 311 g/mol. The third kappa shape index (κ3) is 5.27. The molecular weight excluding hydrogens is 290 g/mol. The molecule has 0 atom stereocenters. The fraction of sp³-hybridized carbons (Fsp3) is 0.467. The zero-order chi connectivity index (χ0) is 14.5. The van der Waals surface area contributed by atoms with E-state index in [0.29, 0.717) is 5.75 Å². The van der Waals surface area contributed by atoms with Crippen molar-refractivity contribution in [3.8, 4) is 5.75 Å². The summed E-state index contributed by atoms with van der Waals surface area (Å²) in [5.74, 6) is 0.515. The quantitative estimate of drug-likeness (QED) is 0.387. The van der Waals surface area contributed by atoms with Gasteiger partial charge in [-0.1, -0.05) is 17.7 Å². The molecule has 0 aliphatic heterocycles. The standard InChI is InChI=1S/C15H21N3O2.ClH/c1-10-2-8-13(9-3-10)20-14(19)11-4-6-12(7-5-11)18-15(16)17;/h2-3,8-9,11-12H,4-7H2,1H3,(H4,16,17,18);1H. The van der Waals surface area contributed by atoms with E-state index in [9.17, 15) is 4.79 Å². The van der Waals surface area contributed by atoms with E-state index >= 15 is 0 Å². The van der Waals surface area contributed by atoms with Gasteiger partial charge in [0.05, 0.1) is 12.0 Å². The highest BCUT2D eigenvalue weighted by Gasteiger charge is 2.27. The molecule has 1 aliphatic carbocycles. The minimum absolute atomic E-state index is 0. The number of aryl methyl sites for hydroxylation is 1. The normalized spacial score (nSPS) is 21.0. The van der Waals surface area contributed by atoms with Crippen LogP contribution in [0.2, 0.25) is 0 Å². The Kier molecular flexibility index (Phi) is 6.49. The molecule has 1 fully saturated rings. The molecule has 1 aliphatic rings. The van der Waals surface area contributed by atoms with Crippen LogP contribution in [0.15, 0.2) is 29.3 Å². The topological polar surface area (TPSA) is 90.7 Å². The lowest BCUT2D eigenvalue weighted by molar-refractivity contribution is -0.140. The molecule has 0 spiro atoms. The smallest absolute Gasteiger partial charge is 0.314 e. The number of aliphatic imine (C=N–C) groups is 1. The summed E-state index contributed by atoms with van der Waals surface area (Å²) < 4.78 is 5.40. The van der Waals surface area contributed by atoms with Gasteiger partial charge in [0.15, 0.2) is 5.96 Å². The SMILES string of the molecule is Cc1ccc(OC(=O)C2CCC(N=C(N)N)CC2)cc1.Cl. The van der Waals surface area contributed by atoms with Gasteiger partial charge in [0.25, 0.3) is 0 Å². The van der Waals surface area contributed by atoms with Gasteiger partial charge < -0.3 is 16.2 Å². The summed E-state index contributed by atoms with van der Waals surface area (Å²) >= 11 is 0. The second kappa shape index (κ2) is 7.88. The summed E-state index contributed by atoms with van der Waals surface area (Å²) in [6, 6.07) is 7.64. The van der Waals surface area contributed by atoms with Crippen molar-refractivity contribution in [2.45, 2.75) is 38.6 Å². The molecule has 21 heavy (non-hydrogen) atoms. The van der Waals surface area contributed by atoms with Gasteiger partial charge in [-0.2, -0.15) is 0 Å². The Bertz CT molecular complexity index is 490. The first-order valence-electron chi connectivity index (χ1n) is 6.91. The Balaban J connectivity index is 0.00000220. The summed E-state index contributed by atoms with van der Waals surface area (Å²) in [6.45, 7) is 2.00. The van der Waals surface area contributed by atoms with Crippen molar-refractivity contribution in [1.29, 1.82) is 0 Å². The molecule has 0 aromatic heterocycles. The Morgan fingerprint density at radius 2 is 1.71 bits per heavy atom. The number of halogens is 1. The Labute approximate surface area is 131 Å². The molecule has 1 aromatic carbocycles. The lowest BCUT2D eigenvalue weighted by atomic mass is 9.86. The third-order valence-corrected chi connectivity index (χ3v) is 3.60. The number of guanidine groups is 1. The van der Waals surface area contributed by atoms with E-state index in [2.05, 4.69) is 4.99 Å². The average Bonchev–Trinajstić information content (AvgIpc) is 2.41. The highest BCUT2D eigenvalue weighted by atomic mass is 35.5. The summed E-state index contributed by atoms with van der Waals surface area (Å²) in [7, 11) is 0. The second-order valence-corrected chi connectivity index (χ2v) is 5.29. The van der Waals surface area contributed by atoms with Crippen LogP contribution in [0.1, 0.15) is 31.2 Å². The van der Waals surface area contributed by atoms with E-state index in [1.165, 1.54) is 0 Å². The number of ether oxygens (including phenoxy) is 1. The fourth-order valence-corrected chi connectivity index (χ4v) is 2.46. The van der Waals surface area contributed by atoms with Crippen molar-refractivity contribution in [1.82, 2.24) is 0 Å². The van der Waals surface area contributed by atoms with Crippen molar-refractivity contribution in [2.24, 2.45) is 22.4 Å². The van der Waals surface area contributed by atoms with Crippen molar-refractivity contribution in [2.75, 3.05) is 0 Å². The first kappa shape index (κ1) is 17.3. The summed E-state index contributed by atoms with van der Waals surface area (Å²) in [6.07, 6.45) is 3.19. The lowest BCUT2D eigenvalue weighted by Gasteiger charge is -2.24. The van der Waals surface area contributed by atoms with E-state index in [4.69, 9.17) is 16.2 Å². The number of esters is 1. The van der Waals surface area contributed by atoms with Crippen LogP contribution < -0.4 is 16.2 Å². The fourth-order valence-electron chi connectivity index (χ4n) is 2.46. The van der Waals surface area contributed by atoms with Crippen LogP contribution in [0.3, 0.4) is 0 Å². The van der Waals surface area contributed by atoms with Crippen LogP contribution in [-0.2, 0) is 4.79 Å². The molecule has 5 nitrogen and oxygen atoms in total. The predicted octanol–water partition coefficient (Wildman–Crippen LogP) is 2.15. The first-order chi connectivity index (χ1) is 9.54. The number of carbonyl (C=O) groups excluding carboxylic acids is 1. The summed E-state index contributed by atoms with van der Waals surface area (Å²) in [5.41, 5.74) is 11.9. The zero-order valence-electron chi connectivity index (χ0n) is 12.1. The van der Waals surface area contributed by atoms with Crippen molar-refractivity contribution in [3.05, 3.63) is 29.8 Å².